The first-order valence-corrected chi connectivity index (χ1v) is 7.95. The van der Waals surface area contributed by atoms with Crippen LogP contribution in [0, 0.1) is 20.8 Å². The summed E-state index contributed by atoms with van der Waals surface area (Å²) in [6.45, 7) is 5.74. The highest BCUT2D eigenvalue weighted by atomic mass is 19.4. The van der Waals surface area contributed by atoms with E-state index in [4.69, 9.17) is 0 Å². The predicted octanol–water partition coefficient (Wildman–Crippen LogP) is 4.33. The molecule has 2 aromatic rings. The van der Waals surface area contributed by atoms with Crippen LogP contribution in [0.1, 0.15) is 40.0 Å². The minimum atomic E-state index is -4.39. The molecule has 0 saturated carbocycles. The molecule has 6 heteroatoms. The number of aryl methyl sites for hydroxylation is 3. The van der Waals surface area contributed by atoms with E-state index in [9.17, 15) is 18.0 Å². The lowest BCUT2D eigenvalue weighted by Crippen LogP contribution is -2.44. The lowest BCUT2D eigenvalue weighted by Gasteiger charge is -2.27. The monoisotopic (exact) mass is 336 g/mol. The van der Waals surface area contributed by atoms with E-state index in [-0.39, 0.29) is 13.0 Å². The highest BCUT2D eigenvalue weighted by molar-refractivity contribution is 6.07. The van der Waals surface area contributed by atoms with Crippen molar-refractivity contribution in [3.63, 3.8) is 0 Å². The third-order valence-corrected chi connectivity index (χ3v) is 4.76. The molecule has 1 aromatic carbocycles. The molecule has 1 amide bonds. The number of halogens is 3. The summed E-state index contributed by atoms with van der Waals surface area (Å²) in [5.41, 5.74) is 3.59. The molecule has 3 rings (SSSR count). The Morgan fingerprint density at radius 2 is 1.96 bits per heavy atom. The Morgan fingerprint density at radius 1 is 1.25 bits per heavy atom. The highest BCUT2D eigenvalue weighted by Crippen LogP contribution is 2.34. The van der Waals surface area contributed by atoms with Gasteiger partial charge in [-0.15, -0.1) is 0 Å². The van der Waals surface area contributed by atoms with E-state index in [1.807, 2.05) is 19.9 Å². The van der Waals surface area contributed by atoms with Crippen LogP contribution in [0.5, 0.6) is 0 Å². The minimum absolute atomic E-state index is 0.0324. The van der Waals surface area contributed by atoms with Crippen LogP contribution in [-0.4, -0.2) is 34.6 Å². The summed E-state index contributed by atoms with van der Waals surface area (Å²) in [6.07, 6.45) is -4.05. The molecule has 0 N–H and O–H groups in total. The first kappa shape index (κ1) is 16.7. The number of carbonyl (C=O) groups is 1. The number of hydrogen-bond acceptors (Lipinski definition) is 2. The first-order chi connectivity index (χ1) is 11.2. The zero-order chi connectivity index (χ0) is 17.6. The van der Waals surface area contributed by atoms with Gasteiger partial charge in [0, 0.05) is 17.6 Å². The Balaban J connectivity index is 2.12. The molecular weight excluding hydrogens is 317 g/mol. The second-order valence-corrected chi connectivity index (χ2v) is 6.41. The zero-order valence-corrected chi connectivity index (χ0v) is 13.9. The summed E-state index contributed by atoms with van der Waals surface area (Å²) >= 11 is 0. The fraction of sp³-hybridized carbons (Fsp3) is 0.444. The molecule has 1 aliphatic heterocycles. The molecule has 1 aliphatic rings. The third kappa shape index (κ3) is 2.74. The predicted molar refractivity (Wildman–Crippen MR) is 86.1 cm³/mol. The lowest BCUT2D eigenvalue weighted by molar-refractivity contribution is -0.169. The average Bonchev–Trinajstić information content (AvgIpc) is 3.00. The Morgan fingerprint density at radius 3 is 2.62 bits per heavy atom. The third-order valence-electron chi connectivity index (χ3n) is 4.76. The summed E-state index contributed by atoms with van der Waals surface area (Å²) in [6, 6.07) is 3.54. The summed E-state index contributed by atoms with van der Waals surface area (Å²) in [4.78, 5) is 18.3. The standard InChI is InChI=1S/C18H19F3N2O/c1-10-6-7-13-14(9-11(2)22-16(13)12(10)3)17(24)23-8-4-5-15(23)18(19,20)21/h6-7,9,15H,4-5,8H2,1-3H3/t15-/m1/s1. The van der Waals surface area contributed by atoms with Crippen molar-refractivity contribution >= 4 is 16.8 Å². The maximum Gasteiger partial charge on any atom is 0.408 e. The Kier molecular flexibility index (Phi) is 4.01. The molecule has 3 nitrogen and oxygen atoms in total. The van der Waals surface area contributed by atoms with E-state index in [2.05, 4.69) is 4.98 Å². The number of amides is 1. The van der Waals surface area contributed by atoms with E-state index in [1.165, 1.54) is 0 Å². The van der Waals surface area contributed by atoms with E-state index < -0.39 is 18.1 Å². The maximum atomic E-state index is 13.2. The van der Waals surface area contributed by atoms with Gasteiger partial charge in [0.1, 0.15) is 6.04 Å². The highest BCUT2D eigenvalue weighted by Gasteiger charge is 2.48. The number of alkyl halides is 3. The van der Waals surface area contributed by atoms with Gasteiger partial charge in [0.2, 0.25) is 0 Å². The summed E-state index contributed by atoms with van der Waals surface area (Å²) < 4.78 is 39.6. The molecule has 1 atom stereocenters. The van der Waals surface area contributed by atoms with Gasteiger partial charge in [-0.05, 0) is 50.8 Å². The summed E-state index contributed by atoms with van der Waals surface area (Å²) in [5.74, 6) is -0.562. The Bertz CT molecular complexity index is 814. The van der Waals surface area contributed by atoms with E-state index >= 15 is 0 Å². The number of nitrogens with zero attached hydrogens (tertiary/aromatic N) is 2. The molecule has 0 spiro atoms. The maximum absolute atomic E-state index is 13.2. The molecule has 0 radical (unpaired) electrons. The molecule has 0 aliphatic carbocycles. The van der Waals surface area contributed by atoms with Gasteiger partial charge < -0.3 is 4.90 Å². The number of fused-ring (bicyclic) bond motifs is 1. The number of hydrogen-bond donors (Lipinski definition) is 0. The fourth-order valence-electron chi connectivity index (χ4n) is 3.34. The van der Waals surface area contributed by atoms with Crippen LogP contribution in [0.4, 0.5) is 13.2 Å². The molecule has 1 saturated heterocycles. The number of aromatic nitrogens is 1. The van der Waals surface area contributed by atoms with Crippen LogP contribution >= 0.6 is 0 Å². The van der Waals surface area contributed by atoms with Crippen molar-refractivity contribution in [3.8, 4) is 0 Å². The van der Waals surface area contributed by atoms with Gasteiger partial charge in [-0.25, -0.2) is 0 Å². The number of benzene rings is 1. The van der Waals surface area contributed by atoms with Crippen LogP contribution in [-0.2, 0) is 0 Å². The summed E-state index contributed by atoms with van der Waals surface area (Å²) in [7, 11) is 0. The molecule has 1 aromatic heterocycles. The summed E-state index contributed by atoms with van der Waals surface area (Å²) in [5, 5.41) is 0.613. The van der Waals surface area contributed by atoms with Gasteiger partial charge in [0.05, 0.1) is 11.1 Å². The van der Waals surface area contributed by atoms with Crippen LogP contribution < -0.4 is 0 Å². The van der Waals surface area contributed by atoms with Crippen LogP contribution in [0.2, 0.25) is 0 Å². The van der Waals surface area contributed by atoms with E-state index in [1.54, 1.807) is 19.1 Å². The number of pyridine rings is 1. The second-order valence-electron chi connectivity index (χ2n) is 6.41. The van der Waals surface area contributed by atoms with Gasteiger partial charge in [0.15, 0.2) is 0 Å². The largest absolute Gasteiger partial charge is 0.408 e. The fourth-order valence-corrected chi connectivity index (χ4v) is 3.34. The Hall–Kier alpha value is -2.11. The quantitative estimate of drug-likeness (QED) is 0.777. The van der Waals surface area contributed by atoms with E-state index in [0.29, 0.717) is 28.6 Å². The first-order valence-electron chi connectivity index (χ1n) is 7.95. The van der Waals surface area contributed by atoms with Crippen LogP contribution in [0.25, 0.3) is 10.9 Å². The van der Waals surface area contributed by atoms with Gasteiger partial charge in [-0.3, -0.25) is 9.78 Å². The number of carbonyl (C=O) groups excluding carboxylic acids is 1. The van der Waals surface area contributed by atoms with Crippen molar-refractivity contribution in [2.75, 3.05) is 6.54 Å². The molecule has 128 valence electrons. The van der Waals surface area contributed by atoms with Gasteiger partial charge in [0.25, 0.3) is 5.91 Å². The molecule has 24 heavy (non-hydrogen) atoms. The van der Waals surface area contributed by atoms with Crippen molar-refractivity contribution < 1.29 is 18.0 Å². The average molecular weight is 336 g/mol. The van der Waals surface area contributed by atoms with Gasteiger partial charge in [-0.2, -0.15) is 13.2 Å². The van der Waals surface area contributed by atoms with Crippen molar-refractivity contribution in [2.24, 2.45) is 0 Å². The van der Waals surface area contributed by atoms with Gasteiger partial charge >= 0.3 is 6.18 Å². The normalized spacial score (nSPS) is 18.4. The zero-order valence-electron chi connectivity index (χ0n) is 13.9. The van der Waals surface area contributed by atoms with Crippen LogP contribution in [0.15, 0.2) is 18.2 Å². The van der Waals surface area contributed by atoms with Gasteiger partial charge in [-0.1, -0.05) is 12.1 Å². The molecule has 0 unspecified atom stereocenters. The van der Waals surface area contributed by atoms with Crippen molar-refractivity contribution in [2.45, 2.75) is 45.8 Å². The van der Waals surface area contributed by atoms with Crippen molar-refractivity contribution in [1.29, 1.82) is 0 Å². The molecule has 1 fully saturated rings. The Labute approximate surface area is 138 Å². The number of rotatable bonds is 1. The van der Waals surface area contributed by atoms with Crippen LogP contribution in [0.3, 0.4) is 0 Å². The van der Waals surface area contributed by atoms with Crippen molar-refractivity contribution in [3.05, 3.63) is 40.6 Å². The molecule has 0 bridgehead atoms. The topological polar surface area (TPSA) is 33.2 Å². The second kappa shape index (κ2) is 5.76. The van der Waals surface area contributed by atoms with E-state index in [0.717, 1.165) is 16.0 Å². The lowest BCUT2D eigenvalue weighted by atomic mass is 10.00. The minimum Gasteiger partial charge on any atom is -0.327 e. The van der Waals surface area contributed by atoms with Crippen molar-refractivity contribution in [1.82, 2.24) is 9.88 Å². The molecule has 2 heterocycles. The number of likely N-dealkylation sites (tertiary alicyclic amines) is 1. The smallest absolute Gasteiger partial charge is 0.327 e. The SMILES string of the molecule is Cc1cc(C(=O)N2CCC[C@@H]2C(F)(F)F)c2ccc(C)c(C)c2n1. The molecular formula is C18H19F3N2O.